The maximum Gasteiger partial charge on any atom is 0.404 e. The molecule has 1 aliphatic rings. The van der Waals surface area contributed by atoms with Crippen LogP contribution in [0.15, 0.2) is 101 Å². The van der Waals surface area contributed by atoms with Crippen molar-refractivity contribution in [3.8, 4) is 11.1 Å². The van der Waals surface area contributed by atoms with E-state index in [4.69, 9.17) is 5.11 Å². The Morgan fingerprint density at radius 1 is 0.868 bits per heavy atom. The van der Waals surface area contributed by atoms with Gasteiger partial charge in [0.2, 0.25) is 21.8 Å². The molecule has 1 atom stereocenters. The number of nitrogens with one attached hydrogen (secondary N) is 6. The third-order valence-electron chi connectivity index (χ3n) is 9.74. The zero-order valence-electron chi connectivity index (χ0n) is 29.1. The van der Waals surface area contributed by atoms with Gasteiger partial charge in [-0.1, -0.05) is 60.7 Å². The lowest BCUT2D eigenvalue weighted by molar-refractivity contribution is -0.130. The number of carbonyl (C=O) groups excluding carboxylic acids is 2. The van der Waals surface area contributed by atoms with Gasteiger partial charge in [-0.2, -0.15) is 0 Å². The molecule has 7 N–H and O–H groups in total. The molecule has 4 aromatic carbocycles. The van der Waals surface area contributed by atoms with E-state index in [9.17, 15) is 27.6 Å². The van der Waals surface area contributed by atoms with Gasteiger partial charge in [-0.25, -0.2) is 17.9 Å². The molecule has 0 saturated heterocycles. The molecule has 53 heavy (non-hydrogen) atoms. The molecule has 1 saturated carbocycles. The molecule has 0 unspecified atom stereocenters. The Hall–Kier alpha value is -5.73. The molecule has 14 heteroatoms. The second-order valence-corrected chi connectivity index (χ2v) is 15.3. The van der Waals surface area contributed by atoms with E-state index < -0.39 is 28.1 Å². The minimum absolute atomic E-state index is 0.123. The van der Waals surface area contributed by atoms with Crippen molar-refractivity contribution in [3.05, 3.63) is 118 Å². The number of aryl methyl sites for hydroxylation is 1. The lowest BCUT2D eigenvalue weighted by atomic mass is 9.81. The molecule has 0 spiro atoms. The Morgan fingerprint density at radius 3 is 2.38 bits per heavy atom. The molecular weight excluding hydrogens is 697 g/mol. The number of anilines is 1. The fourth-order valence-corrected chi connectivity index (χ4v) is 7.79. The first kappa shape index (κ1) is 37.0. The van der Waals surface area contributed by atoms with Gasteiger partial charge in [0.25, 0.3) is 5.56 Å². The molecule has 0 bridgehead atoms. The molecule has 3 amide bonds. The first-order chi connectivity index (χ1) is 25.4. The fraction of sp³-hybridized carbons (Fsp3) is 0.282. The van der Waals surface area contributed by atoms with Crippen LogP contribution in [0, 0.1) is 18.8 Å². The predicted molar refractivity (Wildman–Crippen MR) is 202 cm³/mol. The quantitative estimate of drug-likeness (QED) is 0.0876. The number of rotatable bonds is 13. The molecule has 5 aromatic rings. The largest absolute Gasteiger partial charge is 0.465 e. The van der Waals surface area contributed by atoms with Gasteiger partial charge in [-0.3, -0.25) is 24.6 Å². The minimum atomic E-state index is -3.82. The van der Waals surface area contributed by atoms with Crippen molar-refractivity contribution >= 4 is 44.5 Å². The van der Waals surface area contributed by atoms with E-state index in [1.54, 1.807) is 36.4 Å². The number of hydrogen-bond donors (Lipinski definition) is 7. The topological polar surface area (TPSA) is 202 Å². The highest BCUT2D eigenvalue weighted by atomic mass is 32.2. The van der Waals surface area contributed by atoms with Crippen LogP contribution in [-0.2, 0) is 32.6 Å². The standard InChI is InChI=1S/C39H42N6O7S/c1-24-10-16-31(53(51,52)41-23-25-6-3-2-4-7-25)21-33(24)29-9-5-8-27(18-29)19-35(38(48)42-30-15-17-32-34(20-30)44-45-37(32)47)43-36(46)28-13-11-26(12-14-28)22-40-39(49)50/h2-10,15-18,20-21,26,28,35,40-41H,11-14,19,22-23H2,1H3,(H,42,48)(H,43,46)(H,49,50)(H2,44,45,47)/t26?,28?,35-/m0/s1. The third-order valence-corrected chi connectivity index (χ3v) is 11.1. The lowest BCUT2D eigenvalue weighted by Crippen LogP contribution is -2.48. The summed E-state index contributed by atoms with van der Waals surface area (Å²) in [5.41, 5.74) is 4.58. The van der Waals surface area contributed by atoms with Crippen LogP contribution in [0.5, 0.6) is 0 Å². The van der Waals surface area contributed by atoms with Crippen molar-refractivity contribution in [1.29, 1.82) is 0 Å². The summed E-state index contributed by atoms with van der Waals surface area (Å²) in [6, 6.07) is 25.6. The van der Waals surface area contributed by atoms with E-state index in [0.717, 1.165) is 22.3 Å². The summed E-state index contributed by atoms with van der Waals surface area (Å²) in [7, 11) is -3.82. The first-order valence-corrected chi connectivity index (χ1v) is 19.0. The Kier molecular flexibility index (Phi) is 11.4. The molecule has 1 aliphatic carbocycles. The third kappa shape index (κ3) is 9.39. The number of H-pyrrole nitrogens is 2. The van der Waals surface area contributed by atoms with Crippen molar-refractivity contribution in [1.82, 2.24) is 25.6 Å². The molecule has 0 aliphatic heterocycles. The van der Waals surface area contributed by atoms with Crippen LogP contribution in [-0.4, -0.2) is 54.2 Å². The average Bonchev–Trinajstić information content (AvgIpc) is 3.53. The number of benzene rings is 4. The van der Waals surface area contributed by atoms with Crippen molar-refractivity contribution in [3.63, 3.8) is 0 Å². The fourth-order valence-electron chi connectivity index (χ4n) is 6.74. The normalized spacial score (nSPS) is 16.5. The number of aromatic amines is 2. The number of carbonyl (C=O) groups is 3. The summed E-state index contributed by atoms with van der Waals surface area (Å²) in [6.07, 6.45) is 1.57. The highest BCUT2D eigenvalue weighted by Gasteiger charge is 2.30. The van der Waals surface area contributed by atoms with E-state index in [1.165, 1.54) is 0 Å². The summed E-state index contributed by atoms with van der Waals surface area (Å²) in [6.45, 7) is 2.38. The number of carboxylic acid groups (broad SMARTS) is 1. The van der Waals surface area contributed by atoms with Gasteiger partial charge in [0.15, 0.2) is 0 Å². The van der Waals surface area contributed by atoms with E-state index in [1.807, 2.05) is 61.5 Å². The number of hydrogen-bond acceptors (Lipinski definition) is 6. The average molecular weight is 739 g/mol. The Balaban J connectivity index is 1.21. The van der Waals surface area contributed by atoms with Crippen LogP contribution in [0.25, 0.3) is 22.0 Å². The van der Waals surface area contributed by atoms with Crippen LogP contribution in [0.3, 0.4) is 0 Å². The van der Waals surface area contributed by atoms with Gasteiger partial charge in [0.05, 0.1) is 15.8 Å². The summed E-state index contributed by atoms with van der Waals surface area (Å²) < 4.78 is 29.2. The number of fused-ring (bicyclic) bond motifs is 1. The van der Waals surface area contributed by atoms with Crippen LogP contribution in [0.2, 0.25) is 0 Å². The SMILES string of the molecule is Cc1ccc(S(=O)(=O)NCc2ccccc2)cc1-c1cccc(C[C@H](NC(=O)C2CCC(CNC(=O)O)CC2)C(=O)Nc2ccc3c(=O)[nH][nH]c3c2)c1. The van der Waals surface area contributed by atoms with Crippen LogP contribution in [0.4, 0.5) is 10.5 Å². The molecule has 13 nitrogen and oxygen atoms in total. The van der Waals surface area contributed by atoms with Gasteiger partial charge in [-0.15, -0.1) is 0 Å². The van der Waals surface area contributed by atoms with Gasteiger partial charge in [0, 0.05) is 31.1 Å². The highest BCUT2D eigenvalue weighted by Crippen LogP contribution is 2.30. The molecule has 1 fully saturated rings. The first-order valence-electron chi connectivity index (χ1n) is 17.5. The highest BCUT2D eigenvalue weighted by molar-refractivity contribution is 7.89. The Labute approximate surface area is 306 Å². The molecule has 1 aromatic heterocycles. The number of sulfonamides is 1. The predicted octanol–water partition coefficient (Wildman–Crippen LogP) is 5.05. The smallest absolute Gasteiger partial charge is 0.404 e. The maximum absolute atomic E-state index is 13.9. The van der Waals surface area contributed by atoms with Gasteiger partial charge in [0.1, 0.15) is 6.04 Å². The van der Waals surface area contributed by atoms with Gasteiger partial charge >= 0.3 is 6.09 Å². The van der Waals surface area contributed by atoms with Crippen molar-refractivity contribution in [2.24, 2.45) is 11.8 Å². The molecule has 6 rings (SSSR count). The second-order valence-electron chi connectivity index (χ2n) is 13.5. The number of aromatic nitrogens is 2. The summed E-state index contributed by atoms with van der Waals surface area (Å²) in [5.74, 6) is -0.896. The Bertz CT molecular complexity index is 2280. The van der Waals surface area contributed by atoms with Gasteiger partial charge < -0.3 is 21.1 Å². The molecule has 0 radical (unpaired) electrons. The number of amides is 3. The van der Waals surface area contributed by atoms with E-state index in [2.05, 4.69) is 30.9 Å². The van der Waals surface area contributed by atoms with E-state index >= 15 is 0 Å². The summed E-state index contributed by atoms with van der Waals surface area (Å²) in [5, 5.41) is 23.0. The lowest BCUT2D eigenvalue weighted by Gasteiger charge is -2.29. The molecule has 276 valence electrons. The summed E-state index contributed by atoms with van der Waals surface area (Å²) in [4.78, 5) is 50.5. The van der Waals surface area contributed by atoms with Crippen molar-refractivity contribution < 1.29 is 27.9 Å². The van der Waals surface area contributed by atoms with Crippen molar-refractivity contribution in [2.45, 2.75) is 56.5 Å². The monoisotopic (exact) mass is 738 g/mol. The van der Waals surface area contributed by atoms with E-state index in [0.29, 0.717) is 54.4 Å². The van der Waals surface area contributed by atoms with Crippen LogP contribution >= 0.6 is 0 Å². The zero-order chi connectivity index (χ0) is 37.5. The van der Waals surface area contributed by atoms with Crippen molar-refractivity contribution in [2.75, 3.05) is 11.9 Å². The molecular formula is C39H42N6O7S. The maximum atomic E-state index is 13.9. The summed E-state index contributed by atoms with van der Waals surface area (Å²) >= 11 is 0. The second kappa shape index (κ2) is 16.3. The van der Waals surface area contributed by atoms with Crippen LogP contribution in [0.1, 0.15) is 42.4 Å². The molecule has 1 heterocycles. The minimum Gasteiger partial charge on any atom is -0.465 e. The van der Waals surface area contributed by atoms with Gasteiger partial charge in [-0.05, 0) is 96.7 Å². The van der Waals surface area contributed by atoms with Crippen LogP contribution < -0.4 is 26.2 Å². The Morgan fingerprint density at radius 2 is 1.62 bits per heavy atom. The van der Waals surface area contributed by atoms with E-state index in [-0.39, 0.29) is 41.2 Å². The zero-order valence-corrected chi connectivity index (χ0v) is 30.0.